The van der Waals surface area contributed by atoms with E-state index in [1.807, 2.05) is 47.1 Å². The molecule has 2 aromatic heterocycles. The molecule has 0 bridgehead atoms. The minimum Gasteiger partial charge on any atom is -0.373 e. The van der Waals surface area contributed by atoms with Gasteiger partial charge in [0.1, 0.15) is 12.1 Å². The minimum atomic E-state index is -0.942. The Balaban J connectivity index is 1.28. The Hall–Kier alpha value is -2.57. The fraction of sp³-hybridized carbons (Fsp3) is 0.250. The summed E-state index contributed by atoms with van der Waals surface area (Å²) in [6.07, 6.45) is 3.18. The van der Waals surface area contributed by atoms with Crippen molar-refractivity contribution in [3.8, 4) is 11.3 Å². The predicted octanol–water partition coefficient (Wildman–Crippen LogP) is 5.49. The number of aryl methyl sites for hydroxylation is 2. The summed E-state index contributed by atoms with van der Waals surface area (Å²) in [5.74, 6) is 0.0146. The first kappa shape index (κ1) is 25.7. The maximum atomic E-state index is 13.2. The van der Waals surface area contributed by atoms with E-state index in [0.717, 1.165) is 44.7 Å². The van der Waals surface area contributed by atoms with Gasteiger partial charge in [-0.05, 0) is 65.6 Å². The molecule has 0 saturated heterocycles. The standard InChI is InChI=1S/C28H25ClIN5O2S/c29-21-14-32-35-11-5-10-23-20(25(21)35)13-24(38-23)27(36)33-17(12-16-6-1-4-9-22(16)30)15-34-26(31)18-7-2-3-8-19(18)28(34)37/h1-4,6-9,13-14,17,27,31,33,36H,5,10-12,15H2/t17-,27?/m0/s1. The quantitative estimate of drug-likeness (QED) is 0.181. The lowest BCUT2D eigenvalue weighted by Gasteiger charge is -2.27. The third-order valence-electron chi connectivity index (χ3n) is 7.07. The molecule has 0 radical (unpaired) electrons. The number of nitrogens with one attached hydrogen (secondary N) is 2. The molecule has 0 saturated carbocycles. The molecule has 1 amide bonds. The lowest BCUT2D eigenvalue weighted by molar-refractivity contribution is 0.0815. The molecule has 2 aliphatic rings. The normalized spacial score (nSPS) is 16.1. The fourth-order valence-electron chi connectivity index (χ4n) is 5.23. The summed E-state index contributed by atoms with van der Waals surface area (Å²) in [5, 5.41) is 28.5. The van der Waals surface area contributed by atoms with Crippen LogP contribution in [0.15, 0.2) is 60.8 Å². The molecule has 194 valence electrons. The van der Waals surface area contributed by atoms with E-state index in [4.69, 9.17) is 17.0 Å². The van der Waals surface area contributed by atoms with Crippen LogP contribution in [-0.2, 0) is 19.4 Å². The van der Waals surface area contributed by atoms with Crippen LogP contribution in [0.3, 0.4) is 0 Å². The van der Waals surface area contributed by atoms with Gasteiger partial charge in [0.15, 0.2) is 0 Å². The number of thiophene rings is 1. The van der Waals surface area contributed by atoms with Crippen LogP contribution in [-0.4, -0.2) is 44.1 Å². The van der Waals surface area contributed by atoms with Gasteiger partial charge in [0.05, 0.1) is 22.5 Å². The maximum absolute atomic E-state index is 13.2. The first-order valence-corrected chi connectivity index (χ1v) is 14.7. The van der Waals surface area contributed by atoms with Crippen molar-refractivity contribution in [2.45, 2.75) is 38.1 Å². The molecule has 0 spiro atoms. The van der Waals surface area contributed by atoms with Crippen molar-refractivity contribution in [2.75, 3.05) is 6.54 Å². The summed E-state index contributed by atoms with van der Waals surface area (Å²) in [6.45, 7) is 1.08. The van der Waals surface area contributed by atoms with Crippen LogP contribution in [0.2, 0.25) is 5.02 Å². The van der Waals surface area contributed by atoms with E-state index in [2.05, 4.69) is 39.1 Å². The summed E-state index contributed by atoms with van der Waals surface area (Å²) < 4.78 is 3.05. The Labute approximate surface area is 243 Å². The second-order valence-electron chi connectivity index (χ2n) is 9.53. The second-order valence-corrected chi connectivity index (χ2v) is 12.3. The summed E-state index contributed by atoms with van der Waals surface area (Å²) in [7, 11) is 0. The van der Waals surface area contributed by atoms with Crippen molar-refractivity contribution in [2.24, 2.45) is 0 Å². The molecular weight excluding hydrogens is 633 g/mol. The summed E-state index contributed by atoms with van der Waals surface area (Å²) >= 11 is 10.4. The van der Waals surface area contributed by atoms with Crippen LogP contribution >= 0.6 is 45.5 Å². The molecule has 10 heteroatoms. The molecule has 4 aromatic rings. The van der Waals surface area contributed by atoms with Crippen LogP contribution in [0.1, 0.15) is 43.9 Å². The number of amides is 1. The molecule has 38 heavy (non-hydrogen) atoms. The summed E-state index contributed by atoms with van der Waals surface area (Å²) in [4.78, 5) is 16.7. The fourth-order valence-corrected chi connectivity index (χ4v) is 7.24. The van der Waals surface area contributed by atoms with E-state index in [1.165, 1.54) is 9.78 Å². The first-order valence-electron chi connectivity index (χ1n) is 12.4. The number of hydrogen-bond donors (Lipinski definition) is 3. The number of fused-ring (bicyclic) bond motifs is 4. The predicted molar refractivity (Wildman–Crippen MR) is 158 cm³/mol. The van der Waals surface area contributed by atoms with Crippen molar-refractivity contribution in [3.05, 3.63) is 95.8 Å². The number of nitrogens with zero attached hydrogens (tertiary/aromatic N) is 3. The van der Waals surface area contributed by atoms with Crippen molar-refractivity contribution in [1.29, 1.82) is 5.41 Å². The van der Waals surface area contributed by atoms with Gasteiger partial charge < -0.3 is 5.11 Å². The zero-order valence-corrected chi connectivity index (χ0v) is 24.1. The van der Waals surface area contributed by atoms with Crippen LogP contribution in [0.5, 0.6) is 0 Å². The average Bonchev–Trinajstić information content (AvgIpc) is 3.52. The highest BCUT2D eigenvalue weighted by Crippen LogP contribution is 2.40. The van der Waals surface area contributed by atoms with Crippen LogP contribution < -0.4 is 5.32 Å². The van der Waals surface area contributed by atoms with Gasteiger partial charge in [0.2, 0.25) is 0 Å². The highest BCUT2D eigenvalue weighted by molar-refractivity contribution is 14.1. The van der Waals surface area contributed by atoms with Gasteiger partial charge in [-0.2, -0.15) is 5.10 Å². The van der Waals surface area contributed by atoms with Gasteiger partial charge >= 0.3 is 0 Å². The summed E-state index contributed by atoms with van der Waals surface area (Å²) in [5.41, 5.74) is 4.22. The van der Waals surface area contributed by atoms with Gasteiger partial charge in [0, 0.05) is 43.6 Å². The second kappa shape index (κ2) is 10.5. The van der Waals surface area contributed by atoms with Gasteiger partial charge in [-0.1, -0.05) is 48.0 Å². The highest BCUT2D eigenvalue weighted by atomic mass is 127. The van der Waals surface area contributed by atoms with E-state index in [0.29, 0.717) is 22.6 Å². The summed E-state index contributed by atoms with van der Waals surface area (Å²) in [6, 6.07) is 17.0. The first-order chi connectivity index (χ1) is 18.4. The van der Waals surface area contributed by atoms with E-state index in [1.54, 1.807) is 23.6 Å². The Morgan fingerprint density at radius 1 is 1.16 bits per heavy atom. The maximum Gasteiger partial charge on any atom is 0.260 e. The Morgan fingerprint density at radius 2 is 1.92 bits per heavy atom. The molecule has 3 N–H and O–H groups in total. The van der Waals surface area contributed by atoms with E-state index in [9.17, 15) is 9.90 Å². The molecule has 2 atom stereocenters. The third-order valence-corrected chi connectivity index (χ3v) is 9.65. The van der Waals surface area contributed by atoms with Crippen LogP contribution in [0.25, 0.3) is 11.3 Å². The van der Waals surface area contributed by atoms with Gasteiger partial charge in [-0.25, -0.2) is 0 Å². The minimum absolute atomic E-state index is 0.180. The number of hydrogen-bond acceptors (Lipinski definition) is 6. The van der Waals surface area contributed by atoms with E-state index in [-0.39, 0.29) is 24.3 Å². The molecule has 2 aliphatic heterocycles. The lowest BCUT2D eigenvalue weighted by atomic mass is 10.0. The van der Waals surface area contributed by atoms with Crippen molar-refractivity contribution in [1.82, 2.24) is 20.0 Å². The number of halogens is 2. The van der Waals surface area contributed by atoms with E-state index >= 15 is 0 Å². The Kier molecular flexibility index (Phi) is 7.12. The zero-order valence-electron chi connectivity index (χ0n) is 20.3. The van der Waals surface area contributed by atoms with E-state index < -0.39 is 6.23 Å². The number of carbonyl (C=O) groups is 1. The average molecular weight is 658 g/mol. The zero-order chi connectivity index (χ0) is 26.4. The molecule has 4 heterocycles. The molecule has 7 nitrogen and oxygen atoms in total. The van der Waals surface area contributed by atoms with Crippen LogP contribution in [0, 0.1) is 8.98 Å². The molecule has 0 aliphatic carbocycles. The molecular formula is C28H25ClIN5O2S. The molecule has 2 aromatic carbocycles. The number of carbonyl (C=O) groups excluding carboxylic acids is 1. The Morgan fingerprint density at radius 3 is 2.71 bits per heavy atom. The third kappa shape index (κ3) is 4.71. The van der Waals surface area contributed by atoms with Crippen molar-refractivity contribution in [3.63, 3.8) is 0 Å². The largest absolute Gasteiger partial charge is 0.373 e. The van der Waals surface area contributed by atoms with Crippen LogP contribution in [0.4, 0.5) is 0 Å². The van der Waals surface area contributed by atoms with Gasteiger partial charge in [-0.15, -0.1) is 11.3 Å². The lowest BCUT2D eigenvalue weighted by Crippen LogP contribution is -2.46. The number of amidine groups is 1. The number of rotatable bonds is 7. The van der Waals surface area contributed by atoms with Gasteiger partial charge in [-0.3, -0.25) is 25.1 Å². The number of benzene rings is 2. The number of aliphatic hydroxyl groups is 1. The monoisotopic (exact) mass is 657 g/mol. The SMILES string of the molecule is N=C1c2ccccc2C(=O)N1C[C@H](Cc1ccccc1I)NC(O)c1cc2c(s1)CCCn1ncc(Cl)c1-2. The molecule has 1 unspecified atom stereocenters. The molecule has 0 fully saturated rings. The Bertz CT molecular complexity index is 1510. The van der Waals surface area contributed by atoms with Crippen molar-refractivity contribution < 1.29 is 9.90 Å². The smallest absolute Gasteiger partial charge is 0.260 e. The topological polar surface area (TPSA) is 94.2 Å². The van der Waals surface area contributed by atoms with Gasteiger partial charge in [0.25, 0.3) is 5.91 Å². The number of aromatic nitrogens is 2. The van der Waals surface area contributed by atoms with Crippen molar-refractivity contribution >= 4 is 57.3 Å². The number of aliphatic hydroxyl groups excluding tert-OH is 1. The highest BCUT2D eigenvalue weighted by Gasteiger charge is 2.34. The molecule has 6 rings (SSSR count).